The van der Waals surface area contributed by atoms with Gasteiger partial charge in [-0.3, -0.25) is 9.36 Å². The fourth-order valence-electron chi connectivity index (χ4n) is 3.51. The highest BCUT2D eigenvalue weighted by Gasteiger charge is 2.35. The molecule has 4 aromatic rings. The summed E-state index contributed by atoms with van der Waals surface area (Å²) in [6.07, 6.45) is 4.91. The molecule has 8 nitrogen and oxygen atoms in total. The zero-order valence-electron chi connectivity index (χ0n) is 15.9. The minimum atomic E-state index is -0.182. The third-order valence-corrected chi connectivity index (χ3v) is 5.14. The summed E-state index contributed by atoms with van der Waals surface area (Å²) >= 11 is 0. The van der Waals surface area contributed by atoms with E-state index in [1.807, 2.05) is 31.2 Å². The topological polar surface area (TPSA) is 95.9 Å². The highest BCUT2D eigenvalue weighted by atomic mass is 16.5. The first-order valence-electron chi connectivity index (χ1n) is 9.52. The van der Waals surface area contributed by atoms with Gasteiger partial charge >= 0.3 is 0 Å². The summed E-state index contributed by atoms with van der Waals surface area (Å²) in [5.41, 5.74) is 1.42. The van der Waals surface area contributed by atoms with Gasteiger partial charge in [0.15, 0.2) is 11.5 Å². The Bertz CT molecular complexity index is 1230. The Morgan fingerprint density at radius 1 is 1.21 bits per heavy atom. The van der Waals surface area contributed by atoms with E-state index in [4.69, 9.17) is 9.26 Å². The van der Waals surface area contributed by atoms with Crippen molar-refractivity contribution in [3.8, 4) is 5.75 Å². The number of rotatable bonds is 5. The van der Waals surface area contributed by atoms with Crippen molar-refractivity contribution in [1.29, 1.82) is 0 Å². The monoisotopic (exact) mass is 389 g/mol. The number of ether oxygens (including phenoxy) is 1. The van der Waals surface area contributed by atoms with Crippen LogP contribution in [0, 0.1) is 6.92 Å². The second kappa shape index (κ2) is 7.12. The van der Waals surface area contributed by atoms with E-state index in [-0.39, 0.29) is 24.1 Å². The van der Waals surface area contributed by atoms with Gasteiger partial charge in [0.1, 0.15) is 24.7 Å². The zero-order valence-corrected chi connectivity index (χ0v) is 15.9. The lowest BCUT2D eigenvalue weighted by Crippen LogP contribution is -2.32. The fraction of sp³-hybridized carbons (Fsp3) is 0.286. The molecule has 0 amide bonds. The molecular formula is C21H19N5O3. The maximum absolute atomic E-state index is 12.6. The maximum atomic E-state index is 12.6. The van der Waals surface area contributed by atoms with Crippen molar-refractivity contribution in [1.82, 2.24) is 24.7 Å². The summed E-state index contributed by atoms with van der Waals surface area (Å²) in [4.78, 5) is 25.3. The number of aryl methyl sites for hydroxylation is 1. The third kappa shape index (κ3) is 3.49. The molecule has 3 heterocycles. The molecule has 8 heteroatoms. The lowest BCUT2D eigenvalue weighted by molar-refractivity contribution is 0.0942. The molecule has 0 radical (unpaired) electrons. The fourth-order valence-corrected chi connectivity index (χ4v) is 3.51. The summed E-state index contributed by atoms with van der Waals surface area (Å²) in [5, 5.41) is 4.56. The van der Waals surface area contributed by atoms with Crippen LogP contribution in [0.3, 0.4) is 0 Å². The number of aromatic nitrogens is 5. The molecule has 29 heavy (non-hydrogen) atoms. The molecule has 1 aromatic carbocycles. The largest absolute Gasteiger partial charge is 0.490 e. The van der Waals surface area contributed by atoms with Gasteiger partial charge in [0, 0.05) is 12.1 Å². The predicted molar refractivity (Wildman–Crippen MR) is 105 cm³/mol. The first-order chi connectivity index (χ1) is 14.2. The Morgan fingerprint density at radius 3 is 2.97 bits per heavy atom. The van der Waals surface area contributed by atoms with Gasteiger partial charge in [-0.2, -0.15) is 4.98 Å². The molecule has 1 aliphatic carbocycles. The number of hydrogen-bond donors (Lipinski definition) is 0. The van der Waals surface area contributed by atoms with E-state index < -0.39 is 0 Å². The zero-order chi connectivity index (χ0) is 19.8. The van der Waals surface area contributed by atoms with E-state index in [1.165, 1.54) is 16.5 Å². The molecule has 1 saturated carbocycles. The summed E-state index contributed by atoms with van der Waals surface area (Å²) in [5.74, 6) is 2.14. The van der Waals surface area contributed by atoms with Crippen LogP contribution in [0.4, 0.5) is 0 Å². The van der Waals surface area contributed by atoms with E-state index in [9.17, 15) is 4.79 Å². The van der Waals surface area contributed by atoms with Crippen molar-refractivity contribution < 1.29 is 9.26 Å². The summed E-state index contributed by atoms with van der Waals surface area (Å²) in [7, 11) is 0. The molecule has 0 N–H and O–H groups in total. The number of nitrogens with zero attached hydrogens (tertiary/aromatic N) is 5. The Morgan fingerprint density at radius 2 is 2.10 bits per heavy atom. The van der Waals surface area contributed by atoms with E-state index in [0.29, 0.717) is 22.7 Å². The summed E-state index contributed by atoms with van der Waals surface area (Å²) in [6.45, 7) is 2.23. The van der Waals surface area contributed by atoms with Gasteiger partial charge in [0.2, 0.25) is 5.89 Å². The van der Waals surface area contributed by atoms with Crippen LogP contribution < -0.4 is 10.3 Å². The van der Waals surface area contributed by atoms with E-state index in [1.54, 1.807) is 18.3 Å². The minimum Gasteiger partial charge on any atom is -0.490 e. The van der Waals surface area contributed by atoms with E-state index in [0.717, 1.165) is 18.6 Å². The Kier molecular flexibility index (Phi) is 4.31. The molecule has 0 atom stereocenters. The van der Waals surface area contributed by atoms with Crippen molar-refractivity contribution in [2.45, 2.75) is 38.3 Å². The van der Waals surface area contributed by atoms with Gasteiger partial charge < -0.3 is 9.26 Å². The van der Waals surface area contributed by atoms with Crippen LogP contribution in [-0.2, 0) is 6.54 Å². The van der Waals surface area contributed by atoms with Crippen LogP contribution in [0.25, 0.3) is 11.0 Å². The molecular weight excluding hydrogens is 370 g/mol. The third-order valence-electron chi connectivity index (χ3n) is 5.14. The molecule has 0 bridgehead atoms. The number of pyridine rings is 1. The van der Waals surface area contributed by atoms with Gasteiger partial charge in [-0.25, -0.2) is 9.97 Å². The van der Waals surface area contributed by atoms with E-state index >= 15 is 0 Å². The number of fused-ring (bicyclic) bond motifs is 1. The Balaban J connectivity index is 1.24. The van der Waals surface area contributed by atoms with Crippen LogP contribution >= 0.6 is 0 Å². The molecule has 0 saturated heterocycles. The van der Waals surface area contributed by atoms with Crippen molar-refractivity contribution >= 4 is 11.0 Å². The van der Waals surface area contributed by atoms with Crippen LogP contribution in [-0.4, -0.2) is 30.8 Å². The quantitative estimate of drug-likeness (QED) is 0.518. The van der Waals surface area contributed by atoms with Gasteiger partial charge in [-0.1, -0.05) is 17.3 Å². The Labute approximate surface area is 166 Å². The lowest BCUT2D eigenvalue weighted by Gasteiger charge is -2.33. The van der Waals surface area contributed by atoms with Gasteiger partial charge in [-0.05, 0) is 49.6 Å². The first-order valence-corrected chi connectivity index (χ1v) is 9.52. The highest BCUT2D eigenvalue weighted by Crippen LogP contribution is 2.37. The maximum Gasteiger partial charge on any atom is 0.263 e. The molecule has 5 rings (SSSR count). The molecule has 0 unspecified atom stereocenters. The summed E-state index contributed by atoms with van der Waals surface area (Å²) < 4.78 is 12.8. The normalized spacial score (nSPS) is 18.5. The van der Waals surface area contributed by atoms with Crippen molar-refractivity contribution in [3.63, 3.8) is 0 Å². The van der Waals surface area contributed by atoms with Gasteiger partial charge in [0.25, 0.3) is 5.56 Å². The molecule has 0 spiro atoms. The standard InChI is InChI=1S/C21H19N5O3/c1-13-4-2-5-15(8-13)28-16-9-14(10-16)19-24-18(29-25-19)11-26-12-23-20-17(21(26)27)6-3-7-22-20/h2-8,12,14,16H,9-11H2,1H3. The average molecular weight is 389 g/mol. The number of benzene rings is 1. The summed E-state index contributed by atoms with van der Waals surface area (Å²) in [6, 6.07) is 11.5. The van der Waals surface area contributed by atoms with Crippen LogP contribution in [0.2, 0.25) is 0 Å². The van der Waals surface area contributed by atoms with Crippen molar-refractivity contribution in [3.05, 3.63) is 76.6 Å². The van der Waals surface area contributed by atoms with Gasteiger partial charge in [0.05, 0.1) is 5.39 Å². The second-order valence-corrected chi connectivity index (χ2v) is 7.32. The number of hydrogen-bond acceptors (Lipinski definition) is 7. The second-order valence-electron chi connectivity index (χ2n) is 7.32. The minimum absolute atomic E-state index is 0.156. The molecule has 3 aromatic heterocycles. The average Bonchev–Trinajstić information content (AvgIpc) is 3.15. The van der Waals surface area contributed by atoms with E-state index in [2.05, 4.69) is 20.1 Å². The highest BCUT2D eigenvalue weighted by molar-refractivity contribution is 5.72. The van der Waals surface area contributed by atoms with Gasteiger partial charge in [-0.15, -0.1) is 0 Å². The van der Waals surface area contributed by atoms with Crippen LogP contribution in [0.1, 0.15) is 36.0 Å². The molecule has 1 fully saturated rings. The molecule has 146 valence electrons. The molecule has 1 aliphatic rings. The first kappa shape index (κ1) is 17.5. The van der Waals surface area contributed by atoms with Crippen molar-refractivity contribution in [2.24, 2.45) is 0 Å². The lowest BCUT2D eigenvalue weighted by atomic mass is 9.81. The predicted octanol–water partition coefficient (Wildman–Crippen LogP) is 2.86. The Hall–Kier alpha value is -3.55. The van der Waals surface area contributed by atoms with Crippen molar-refractivity contribution in [2.75, 3.05) is 0 Å². The SMILES string of the molecule is Cc1cccc(OC2CC(c3noc(Cn4cnc5ncccc5c4=O)n3)C2)c1. The smallest absolute Gasteiger partial charge is 0.263 e. The van der Waals surface area contributed by atoms with Crippen LogP contribution in [0.5, 0.6) is 5.75 Å². The van der Waals surface area contributed by atoms with Crippen LogP contribution in [0.15, 0.2) is 58.2 Å². The molecule has 0 aliphatic heterocycles.